The zero-order chi connectivity index (χ0) is 22.8. The highest BCUT2D eigenvalue weighted by atomic mass is 16.6. The van der Waals surface area contributed by atoms with Crippen LogP contribution < -0.4 is 10.2 Å². The lowest BCUT2D eigenvalue weighted by Crippen LogP contribution is -2.30. The number of imidazole rings is 1. The highest BCUT2D eigenvalue weighted by molar-refractivity contribution is 6.05. The first kappa shape index (κ1) is 20.7. The van der Waals surface area contributed by atoms with Crippen molar-refractivity contribution in [1.29, 1.82) is 0 Å². The Morgan fingerprint density at radius 2 is 1.82 bits per heavy atom. The highest BCUT2D eigenvalue weighted by Gasteiger charge is 2.23. The van der Waals surface area contributed by atoms with Crippen LogP contribution in [-0.2, 0) is 0 Å². The van der Waals surface area contributed by atoms with E-state index in [2.05, 4.69) is 15.3 Å². The zero-order valence-corrected chi connectivity index (χ0v) is 18.0. The van der Waals surface area contributed by atoms with Gasteiger partial charge in [-0.2, -0.15) is 0 Å². The van der Waals surface area contributed by atoms with Crippen molar-refractivity contribution in [1.82, 2.24) is 9.97 Å². The van der Waals surface area contributed by atoms with Crippen molar-refractivity contribution in [3.63, 3.8) is 0 Å². The minimum Gasteiger partial charge on any atom is -0.366 e. The van der Waals surface area contributed by atoms with Gasteiger partial charge in [0, 0.05) is 36.0 Å². The van der Waals surface area contributed by atoms with Crippen molar-refractivity contribution in [3.05, 3.63) is 82.4 Å². The van der Waals surface area contributed by atoms with E-state index in [0.29, 0.717) is 17.2 Å². The number of fused-ring (bicyclic) bond motifs is 1. The quantitative estimate of drug-likeness (QED) is 0.320. The van der Waals surface area contributed by atoms with E-state index in [1.165, 1.54) is 6.07 Å². The average Bonchev–Trinajstić information content (AvgIpc) is 3.29. The number of nitro benzene ring substituents is 1. The Kier molecular flexibility index (Phi) is 5.48. The summed E-state index contributed by atoms with van der Waals surface area (Å²) in [7, 11) is 0. The number of anilines is 2. The summed E-state index contributed by atoms with van der Waals surface area (Å²) in [6.07, 6.45) is 3.17. The Bertz CT molecular complexity index is 1310. The maximum atomic E-state index is 12.9. The summed E-state index contributed by atoms with van der Waals surface area (Å²) in [4.78, 5) is 34.1. The third kappa shape index (κ3) is 4.27. The number of aromatic nitrogens is 2. The SMILES string of the molecule is O=C(Nc1cccc(-c2nc3ccccc3[nH]2)c1)c1ccc(N2CCCCC2)c([N+](=O)[O-])c1. The highest BCUT2D eigenvalue weighted by Crippen LogP contribution is 2.32. The second-order valence-corrected chi connectivity index (χ2v) is 8.15. The molecule has 4 aromatic rings. The van der Waals surface area contributed by atoms with Gasteiger partial charge in [-0.05, 0) is 55.7 Å². The summed E-state index contributed by atoms with van der Waals surface area (Å²) < 4.78 is 0. The number of carbonyl (C=O) groups is 1. The Labute approximate surface area is 190 Å². The number of rotatable bonds is 5. The van der Waals surface area contributed by atoms with E-state index >= 15 is 0 Å². The number of hydrogen-bond donors (Lipinski definition) is 2. The number of carbonyl (C=O) groups excluding carboxylic acids is 1. The minimum absolute atomic E-state index is 0.0411. The number of nitro groups is 1. The van der Waals surface area contributed by atoms with Crippen molar-refractivity contribution in [2.75, 3.05) is 23.3 Å². The van der Waals surface area contributed by atoms with Crippen LogP contribution in [0.5, 0.6) is 0 Å². The van der Waals surface area contributed by atoms with Gasteiger partial charge in [-0.15, -0.1) is 0 Å². The standard InChI is InChI=1S/C25H23N5O3/c31-25(18-11-12-22(23(16-18)30(32)33)29-13-4-1-5-14-29)26-19-8-6-7-17(15-19)24-27-20-9-2-3-10-21(20)28-24/h2-3,6-12,15-16H,1,4-5,13-14H2,(H,26,31)(H,27,28). The number of H-pyrrole nitrogens is 1. The van der Waals surface area contributed by atoms with E-state index in [-0.39, 0.29) is 11.3 Å². The molecule has 33 heavy (non-hydrogen) atoms. The Hall–Kier alpha value is -4.20. The lowest BCUT2D eigenvalue weighted by molar-refractivity contribution is -0.384. The molecule has 2 heterocycles. The van der Waals surface area contributed by atoms with Crippen molar-refractivity contribution in [2.24, 2.45) is 0 Å². The van der Waals surface area contributed by atoms with Crippen LogP contribution in [0.25, 0.3) is 22.4 Å². The van der Waals surface area contributed by atoms with Crippen LogP contribution in [0.2, 0.25) is 0 Å². The van der Waals surface area contributed by atoms with Crippen LogP contribution in [0.4, 0.5) is 17.1 Å². The summed E-state index contributed by atoms with van der Waals surface area (Å²) in [5.41, 5.74) is 3.99. The molecule has 0 spiro atoms. The first-order valence-electron chi connectivity index (χ1n) is 11.0. The molecule has 0 aliphatic carbocycles. The normalized spacial score (nSPS) is 13.8. The molecule has 1 aliphatic rings. The third-order valence-corrected chi connectivity index (χ3v) is 5.91. The predicted molar refractivity (Wildman–Crippen MR) is 129 cm³/mol. The average molecular weight is 441 g/mol. The van der Waals surface area contributed by atoms with Gasteiger partial charge < -0.3 is 15.2 Å². The van der Waals surface area contributed by atoms with E-state index in [0.717, 1.165) is 48.9 Å². The van der Waals surface area contributed by atoms with Crippen molar-refractivity contribution in [3.8, 4) is 11.4 Å². The molecule has 0 unspecified atom stereocenters. The van der Waals surface area contributed by atoms with Crippen LogP contribution in [0.3, 0.4) is 0 Å². The number of piperidine rings is 1. The van der Waals surface area contributed by atoms with Gasteiger partial charge in [0.1, 0.15) is 11.5 Å². The van der Waals surface area contributed by atoms with Crippen molar-refractivity contribution >= 4 is 34.0 Å². The molecular weight excluding hydrogens is 418 g/mol. The molecular formula is C25H23N5O3. The van der Waals surface area contributed by atoms with Gasteiger partial charge in [0.25, 0.3) is 11.6 Å². The molecule has 3 aromatic carbocycles. The van der Waals surface area contributed by atoms with Crippen LogP contribution in [0, 0.1) is 10.1 Å². The fraction of sp³-hybridized carbons (Fsp3) is 0.200. The topological polar surface area (TPSA) is 104 Å². The smallest absolute Gasteiger partial charge is 0.293 e. The molecule has 8 heteroatoms. The van der Waals surface area contributed by atoms with Gasteiger partial charge >= 0.3 is 0 Å². The van der Waals surface area contributed by atoms with Crippen LogP contribution in [-0.4, -0.2) is 33.9 Å². The molecule has 166 valence electrons. The largest absolute Gasteiger partial charge is 0.366 e. The molecule has 1 amide bonds. The van der Waals surface area contributed by atoms with E-state index < -0.39 is 10.8 Å². The van der Waals surface area contributed by atoms with Crippen LogP contribution in [0.1, 0.15) is 29.6 Å². The molecule has 0 bridgehead atoms. The van der Waals surface area contributed by atoms with Crippen LogP contribution in [0.15, 0.2) is 66.7 Å². The molecule has 1 saturated heterocycles. The van der Waals surface area contributed by atoms with Gasteiger partial charge in [0.2, 0.25) is 0 Å². The number of benzene rings is 3. The van der Waals surface area contributed by atoms with Crippen molar-refractivity contribution in [2.45, 2.75) is 19.3 Å². The first-order valence-corrected chi connectivity index (χ1v) is 11.0. The molecule has 0 saturated carbocycles. The Morgan fingerprint density at radius 3 is 2.61 bits per heavy atom. The molecule has 2 N–H and O–H groups in total. The van der Waals surface area contributed by atoms with E-state index in [4.69, 9.17) is 0 Å². The summed E-state index contributed by atoms with van der Waals surface area (Å²) in [6, 6.07) is 19.8. The number of hydrogen-bond acceptors (Lipinski definition) is 5. The Balaban J connectivity index is 1.38. The molecule has 8 nitrogen and oxygen atoms in total. The summed E-state index contributed by atoms with van der Waals surface area (Å²) in [5.74, 6) is 0.305. The van der Waals surface area contributed by atoms with Gasteiger partial charge in [-0.3, -0.25) is 14.9 Å². The number of nitrogens with zero attached hydrogens (tertiary/aromatic N) is 3. The maximum Gasteiger partial charge on any atom is 0.293 e. The number of aromatic amines is 1. The second-order valence-electron chi connectivity index (χ2n) is 8.15. The van der Waals surface area contributed by atoms with Gasteiger partial charge in [-0.25, -0.2) is 4.98 Å². The maximum absolute atomic E-state index is 12.9. The number of para-hydroxylation sites is 2. The number of amides is 1. The molecule has 1 aliphatic heterocycles. The predicted octanol–water partition coefficient (Wildman–Crippen LogP) is 5.38. The molecule has 0 radical (unpaired) electrons. The third-order valence-electron chi connectivity index (χ3n) is 5.91. The summed E-state index contributed by atoms with van der Waals surface area (Å²) in [5, 5.41) is 14.6. The second kappa shape index (κ2) is 8.74. The zero-order valence-electron chi connectivity index (χ0n) is 18.0. The first-order chi connectivity index (χ1) is 16.1. The molecule has 1 fully saturated rings. The summed E-state index contributed by atoms with van der Waals surface area (Å²) in [6.45, 7) is 1.59. The fourth-order valence-corrected chi connectivity index (χ4v) is 4.25. The van der Waals surface area contributed by atoms with E-state index in [1.54, 1.807) is 18.2 Å². The fourth-order valence-electron chi connectivity index (χ4n) is 4.25. The van der Waals surface area contributed by atoms with Gasteiger partial charge in [-0.1, -0.05) is 24.3 Å². The molecule has 1 aromatic heterocycles. The van der Waals surface area contributed by atoms with Crippen molar-refractivity contribution < 1.29 is 9.72 Å². The van der Waals surface area contributed by atoms with E-state index in [9.17, 15) is 14.9 Å². The van der Waals surface area contributed by atoms with Gasteiger partial charge in [0.05, 0.1) is 16.0 Å². The molecule has 5 rings (SSSR count). The lowest BCUT2D eigenvalue weighted by Gasteiger charge is -2.28. The minimum atomic E-state index is -0.414. The molecule has 0 atom stereocenters. The lowest BCUT2D eigenvalue weighted by atomic mass is 10.1. The van der Waals surface area contributed by atoms with Crippen LogP contribution >= 0.6 is 0 Å². The number of nitrogens with one attached hydrogen (secondary N) is 2. The Morgan fingerprint density at radius 1 is 1.00 bits per heavy atom. The van der Waals surface area contributed by atoms with Gasteiger partial charge in [0.15, 0.2) is 0 Å². The van der Waals surface area contributed by atoms with E-state index in [1.807, 2.05) is 47.4 Å². The summed E-state index contributed by atoms with van der Waals surface area (Å²) >= 11 is 0. The monoisotopic (exact) mass is 441 g/mol.